The van der Waals surface area contributed by atoms with Gasteiger partial charge in [0.2, 0.25) is 0 Å². The van der Waals surface area contributed by atoms with E-state index in [0.29, 0.717) is 34.6 Å². The number of aromatic nitrogens is 2. The molecule has 3 aromatic rings. The van der Waals surface area contributed by atoms with Gasteiger partial charge < -0.3 is 15.7 Å². The summed E-state index contributed by atoms with van der Waals surface area (Å²) in [5, 5.41) is 14.8. The van der Waals surface area contributed by atoms with Gasteiger partial charge in [-0.15, -0.1) is 0 Å². The molecule has 32 heavy (non-hydrogen) atoms. The van der Waals surface area contributed by atoms with Gasteiger partial charge in [0.05, 0.1) is 5.56 Å². The maximum absolute atomic E-state index is 13.0. The summed E-state index contributed by atoms with van der Waals surface area (Å²) in [4.78, 5) is 44.7. The fourth-order valence-corrected chi connectivity index (χ4v) is 3.50. The van der Waals surface area contributed by atoms with Gasteiger partial charge in [-0.2, -0.15) is 11.8 Å². The van der Waals surface area contributed by atoms with Crippen molar-refractivity contribution in [3.8, 4) is 11.1 Å². The van der Waals surface area contributed by atoms with Gasteiger partial charge >= 0.3 is 5.97 Å². The van der Waals surface area contributed by atoms with Crippen molar-refractivity contribution in [3.63, 3.8) is 0 Å². The van der Waals surface area contributed by atoms with Gasteiger partial charge in [-0.05, 0) is 47.8 Å². The van der Waals surface area contributed by atoms with E-state index in [1.807, 2.05) is 36.6 Å². The van der Waals surface area contributed by atoms with Crippen LogP contribution in [-0.4, -0.2) is 50.9 Å². The normalized spacial score (nSPS) is 11.4. The van der Waals surface area contributed by atoms with E-state index in [1.54, 1.807) is 18.2 Å². The monoisotopic (exact) mass is 450 g/mol. The van der Waals surface area contributed by atoms with Crippen LogP contribution in [0.15, 0.2) is 67.3 Å². The number of hydrogen-bond donors (Lipinski definition) is 3. The van der Waals surface area contributed by atoms with E-state index in [2.05, 4.69) is 20.6 Å². The topological polar surface area (TPSA) is 121 Å². The van der Waals surface area contributed by atoms with Gasteiger partial charge in [-0.1, -0.05) is 30.3 Å². The number of carbonyl (C=O) groups excluding carboxylic acids is 2. The SMILES string of the molecule is CSCCC(NC(=O)c1ccc(NC(=O)c2cncnc2)cc1-c1ccccc1)C(=O)O. The number of carboxylic acids is 1. The Morgan fingerprint density at radius 3 is 2.41 bits per heavy atom. The van der Waals surface area contributed by atoms with Gasteiger partial charge in [0.15, 0.2) is 0 Å². The minimum atomic E-state index is -1.08. The molecule has 0 aliphatic heterocycles. The van der Waals surface area contributed by atoms with Crippen molar-refractivity contribution in [3.05, 3.63) is 78.4 Å². The highest BCUT2D eigenvalue weighted by molar-refractivity contribution is 7.98. The summed E-state index contributed by atoms with van der Waals surface area (Å²) in [6.45, 7) is 0. The molecule has 2 aromatic carbocycles. The molecule has 1 heterocycles. The zero-order valence-electron chi connectivity index (χ0n) is 17.3. The van der Waals surface area contributed by atoms with Crippen molar-refractivity contribution in [2.75, 3.05) is 17.3 Å². The number of carbonyl (C=O) groups is 3. The number of nitrogens with one attached hydrogen (secondary N) is 2. The van der Waals surface area contributed by atoms with Gasteiger partial charge in [-0.3, -0.25) is 9.59 Å². The van der Waals surface area contributed by atoms with Crippen LogP contribution in [0.2, 0.25) is 0 Å². The highest BCUT2D eigenvalue weighted by Gasteiger charge is 2.22. The molecular formula is C23H22N4O4S. The average molecular weight is 451 g/mol. The molecule has 3 rings (SSSR count). The Labute approximate surface area is 189 Å². The van der Waals surface area contributed by atoms with Gasteiger partial charge in [0.25, 0.3) is 11.8 Å². The number of benzene rings is 2. The molecule has 0 saturated heterocycles. The first-order valence-corrected chi connectivity index (χ1v) is 11.2. The first kappa shape index (κ1) is 23.0. The van der Waals surface area contributed by atoms with Crippen molar-refractivity contribution < 1.29 is 19.5 Å². The summed E-state index contributed by atoms with van der Waals surface area (Å²) >= 11 is 1.51. The summed E-state index contributed by atoms with van der Waals surface area (Å²) in [7, 11) is 0. The Bertz CT molecular complexity index is 1090. The van der Waals surface area contributed by atoms with Gasteiger partial charge in [0, 0.05) is 23.6 Å². The van der Waals surface area contributed by atoms with Crippen LogP contribution in [0.3, 0.4) is 0 Å². The lowest BCUT2D eigenvalue weighted by atomic mass is 9.98. The zero-order valence-corrected chi connectivity index (χ0v) is 18.1. The largest absolute Gasteiger partial charge is 0.480 e. The molecule has 2 amide bonds. The Morgan fingerprint density at radius 2 is 1.75 bits per heavy atom. The highest BCUT2D eigenvalue weighted by Crippen LogP contribution is 2.27. The standard InChI is InChI=1S/C23H22N4O4S/c1-32-10-9-20(23(30)31)27-22(29)18-8-7-17(11-19(18)15-5-3-2-4-6-15)26-21(28)16-12-24-14-25-13-16/h2-8,11-14,20H,9-10H2,1H3,(H,26,28)(H,27,29)(H,30,31). The van der Waals surface area contributed by atoms with Crippen LogP contribution >= 0.6 is 11.8 Å². The summed E-state index contributed by atoms with van der Waals surface area (Å²) in [5.74, 6) is -1.35. The molecule has 1 aromatic heterocycles. The maximum atomic E-state index is 13.0. The van der Waals surface area contributed by atoms with Crippen LogP contribution < -0.4 is 10.6 Å². The molecule has 0 aliphatic rings. The second-order valence-electron chi connectivity index (χ2n) is 6.85. The third-order valence-corrected chi connectivity index (χ3v) is 5.29. The molecule has 164 valence electrons. The summed E-state index contributed by atoms with van der Waals surface area (Å²) in [5.41, 5.74) is 2.42. The van der Waals surface area contributed by atoms with Gasteiger partial charge in [0.1, 0.15) is 12.4 Å². The molecule has 0 aliphatic carbocycles. The lowest BCUT2D eigenvalue weighted by molar-refractivity contribution is -0.139. The lowest BCUT2D eigenvalue weighted by Gasteiger charge is -2.17. The van der Waals surface area contributed by atoms with Crippen LogP contribution in [0.4, 0.5) is 5.69 Å². The number of anilines is 1. The van der Waals surface area contributed by atoms with Crippen molar-refractivity contribution in [1.29, 1.82) is 0 Å². The molecular weight excluding hydrogens is 428 g/mol. The van der Waals surface area contributed by atoms with Crippen molar-refractivity contribution in [2.45, 2.75) is 12.5 Å². The molecule has 1 unspecified atom stereocenters. The summed E-state index contributed by atoms with van der Waals surface area (Å²) < 4.78 is 0. The number of carboxylic acid groups (broad SMARTS) is 1. The van der Waals surface area contributed by atoms with E-state index in [0.717, 1.165) is 5.56 Å². The van der Waals surface area contributed by atoms with Crippen LogP contribution in [0.25, 0.3) is 11.1 Å². The molecule has 0 spiro atoms. The van der Waals surface area contributed by atoms with Crippen LogP contribution in [0.5, 0.6) is 0 Å². The number of nitrogens with zero attached hydrogens (tertiary/aromatic N) is 2. The maximum Gasteiger partial charge on any atom is 0.326 e. The second-order valence-corrected chi connectivity index (χ2v) is 7.84. The number of thioether (sulfide) groups is 1. The van der Waals surface area contributed by atoms with E-state index in [-0.39, 0.29) is 5.91 Å². The average Bonchev–Trinajstić information content (AvgIpc) is 2.82. The number of hydrogen-bond acceptors (Lipinski definition) is 6. The van der Waals surface area contributed by atoms with Gasteiger partial charge in [-0.25, -0.2) is 14.8 Å². The van der Waals surface area contributed by atoms with Crippen LogP contribution in [0, 0.1) is 0 Å². The fourth-order valence-electron chi connectivity index (χ4n) is 3.03. The molecule has 9 heteroatoms. The molecule has 0 bridgehead atoms. The van der Waals surface area contributed by atoms with E-state index in [9.17, 15) is 19.5 Å². The minimum Gasteiger partial charge on any atom is -0.480 e. The lowest BCUT2D eigenvalue weighted by Crippen LogP contribution is -2.41. The first-order valence-electron chi connectivity index (χ1n) is 9.78. The van der Waals surface area contributed by atoms with E-state index >= 15 is 0 Å². The quantitative estimate of drug-likeness (QED) is 0.457. The number of aliphatic carboxylic acids is 1. The Morgan fingerprint density at radius 1 is 1.03 bits per heavy atom. The summed E-state index contributed by atoms with van der Waals surface area (Å²) in [6, 6.07) is 13.1. The Kier molecular flexibility index (Phi) is 7.93. The molecule has 0 radical (unpaired) electrons. The number of rotatable bonds is 9. The summed E-state index contributed by atoms with van der Waals surface area (Å²) in [6.07, 6.45) is 6.34. The highest BCUT2D eigenvalue weighted by atomic mass is 32.2. The first-order chi connectivity index (χ1) is 15.5. The predicted octanol–water partition coefficient (Wildman–Crippen LogP) is 3.33. The van der Waals surface area contributed by atoms with E-state index < -0.39 is 17.9 Å². The van der Waals surface area contributed by atoms with Crippen molar-refractivity contribution >= 4 is 35.2 Å². The molecule has 1 atom stereocenters. The number of amides is 2. The van der Waals surface area contributed by atoms with Crippen molar-refractivity contribution in [1.82, 2.24) is 15.3 Å². The third kappa shape index (κ3) is 5.92. The molecule has 0 saturated carbocycles. The molecule has 0 fully saturated rings. The predicted molar refractivity (Wildman–Crippen MR) is 124 cm³/mol. The van der Waals surface area contributed by atoms with Crippen LogP contribution in [-0.2, 0) is 4.79 Å². The Hall–Kier alpha value is -3.72. The van der Waals surface area contributed by atoms with E-state index in [1.165, 1.54) is 30.5 Å². The second kappa shape index (κ2) is 11.1. The smallest absolute Gasteiger partial charge is 0.326 e. The fraction of sp³-hybridized carbons (Fsp3) is 0.174. The molecule has 8 nitrogen and oxygen atoms in total. The third-order valence-electron chi connectivity index (χ3n) is 4.64. The van der Waals surface area contributed by atoms with Crippen molar-refractivity contribution in [2.24, 2.45) is 0 Å². The van der Waals surface area contributed by atoms with E-state index in [4.69, 9.17) is 0 Å². The Balaban J connectivity index is 1.91. The molecule has 3 N–H and O–H groups in total. The zero-order chi connectivity index (χ0) is 22.9. The minimum absolute atomic E-state index is 0.300. The van der Waals surface area contributed by atoms with Crippen LogP contribution in [0.1, 0.15) is 27.1 Å².